The van der Waals surface area contributed by atoms with Gasteiger partial charge in [-0.1, -0.05) is 29.8 Å². The molecule has 0 aromatic heterocycles. The summed E-state index contributed by atoms with van der Waals surface area (Å²) in [6.45, 7) is 5.92. The van der Waals surface area contributed by atoms with Crippen LogP contribution < -0.4 is 9.62 Å². The molecular weight excluding hydrogens is 386 g/mol. The minimum Gasteiger partial charge on any atom is -0.371 e. The average molecular weight is 416 g/mol. The average Bonchev–Trinajstić information content (AvgIpc) is 2.73. The van der Waals surface area contributed by atoms with E-state index in [9.17, 15) is 13.2 Å². The molecule has 1 aliphatic heterocycles. The summed E-state index contributed by atoms with van der Waals surface area (Å²) in [7, 11) is -1.73. The van der Waals surface area contributed by atoms with E-state index in [0.29, 0.717) is 42.9 Å². The zero-order valence-electron chi connectivity index (χ0n) is 17.3. The van der Waals surface area contributed by atoms with E-state index in [2.05, 4.69) is 9.62 Å². The maximum atomic E-state index is 12.7. The number of hydrogen-bond donors (Lipinski definition) is 1. The van der Waals surface area contributed by atoms with Crippen LogP contribution in [-0.4, -0.2) is 51.9 Å². The molecule has 156 valence electrons. The highest BCUT2D eigenvalue weighted by Crippen LogP contribution is 2.26. The monoisotopic (exact) mass is 415 g/mol. The molecule has 29 heavy (non-hydrogen) atoms. The summed E-state index contributed by atoms with van der Waals surface area (Å²) in [5.41, 5.74) is 2.63. The minimum atomic E-state index is -3.52. The second-order valence-corrected chi connectivity index (χ2v) is 9.25. The standard InChI is InChI=1S/C22H29N3O3S/c1-4-24(3)22(26)20-7-5-6-8-21(20)25-15-13-18(14-16-25)23-29(27,28)19-11-9-17(2)10-12-19/h5-12,18,23H,4,13-16H2,1-3H3. The molecule has 1 fully saturated rings. The summed E-state index contributed by atoms with van der Waals surface area (Å²) in [5.74, 6) is 0.00490. The third kappa shape index (κ3) is 4.97. The Kier molecular flexibility index (Phi) is 6.59. The predicted molar refractivity (Wildman–Crippen MR) is 116 cm³/mol. The van der Waals surface area contributed by atoms with Gasteiger partial charge in [-0.3, -0.25) is 4.79 Å². The van der Waals surface area contributed by atoms with Gasteiger partial charge in [0, 0.05) is 38.4 Å². The van der Waals surface area contributed by atoms with Crippen molar-refractivity contribution < 1.29 is 13.2 Å². The third-order valence-corrected chi connectivity index (χ3v) is 6.98. The molecule has 2 aromatic carbocycles. The molecule has 1 heterocycles. The first-order valence-corrected chi connectivity index (χ1v) is 11.5. The van der Waals surface area contributed by atoms with E-state index < -0.39 is 10.0 Å². The van der Waals surface area contributed by atoms with E-state index >= 15 is 0 Å². The molecule has 0 unspecified atom stereocenters. The van der Waals surface area contributed by atoms with Crippen molar-refractivity contribution in [2.45, 2.75) is 37.6 Å². The molecule has 0 atom stereocenters. The molecule has 6 nitrogen and oxygen atoms in total. The van der Waals surface area contributed by atoms with Crippen LogP contribution in [0.5, 0.6) is 0 Å². The van der Waals surface area contributed by atoms with Crippen molar-refractivity contribution in [1.29, 1.82) is 0 Å². The zero-order chi connectivity index (χ0) is 21.0. The van der Waals surface area contributed by atoms with E-state index in [1.165, 1.54) is 0 Å². The lowest BCUT2D eigenvalue weighted by atomic mass is 10.0. The summed E-state index contributed by atoms with van der Waals surface area (Å²) in [5, 5.41) is 0. The van der Waals surface area contributed by atoms with E-state index in [1.54, 1.807) is 36.2 Å². The lowest BCUT2D eigenvalue weighted by Gasteiger charge is -2.35. The Bertz CT molecular complexity index is 950. The fourth-order valence-electron chi connectivity index (χ4n) is 3.52. The van der Waals surface area contributed by atoms with Gasteiger partial charge in [-0.15, -0.1) is 0 Å². The zero-order valence-corrected chi connectivity index (χ0v) is 18.1. The Morgan fingerprint density at radius 3 is 2.34 bits per heavy atom. The molecule has 3 rings (SSSR count). The van der Waals surface area contributed by atoms with Crippen LogP contribution in [0.25, 0.3) is 0 Å². The van der Waals surface area contributed by atoms with Crippen LogP contribution in [0.2, 0.25) is 0 Å². The number of para-hydroxylation sites is 1. The Labute approximate surface area is 173 Å². The van der Waals surface area contributed by atoms with Gasteiger partial charge in [0.15, 0.2) is 0 Å². The van der Waals surface area contributed by atoms with Gasteiger partial charge in [0.2, 0.25) is 10.0 Å². The number of amides is 1. The van der Waals surface area contributed by atoms with Crippen LogP contribution in [0.15, 0.2) is 53.4 Å². The number of carbonyl (C=O) groups is 1. The smallest absolute Gasteiger partial charge is 0.255 e. The van der Waals surface area contributed by atoms with Gasteiger partial charge in [-0.2, -0.15) is 0 Å². The number of nitrogens with one attached hydrogen (secondary N) is 1. The summed E-state index contributed by atoms with van der Waals surface area (Å²) < 4.78 is 28.1. The highest BCUT2D eigenvalue weighted by molar-refractivity contribution is 7.89. The van der Waals surface area contributed by atoms with E-state index in [1.807, 2.05) is 38.1 Å². The van der Waals surface area contributed by atoms with Crippen LogP contribution in [0, 0.1) is 6.92 Å². The van der Waals surface area contributed by atoms with Crippen molar-refractivity contribution in [3.8, 4) is 0 Å². The number of nitrogens with zero attached hydrogens (tertiary/aromatic N) is 2. The molecule has 0 bridgehead atoms. The Balaban J connectivity index is 1.67. The normalized spacial score (nSPS) is 15.3. The first-order chi connectivity index (χ1) is 13.8. The summed E-state index contributed by atoms with van der Waals surface area (Å²) in [4.78, 5) is 16.8. The van der Waals surface area contributed by atoms with Gasteiger partial charge in [0.1, 0.15) is 0 Å². The van der Waals surface area contributed by atoms with Gasteiger partial charge < -0.3 is 9.80 Å². The minimum absolute atomic E-state index is 0.00490. The summed E-state index contributed by atoms with van der Waals surface area (Å²) in [6, 6.07) is 14.4. The highest BCUT2D eigenvalue weighted by atomic mass is 32.2. The largest absolute Gasteiger partial charge is 0.371 e. The number of carbonyl (C=O) groups excluding carboxylic acids is 1. The van der Waals surface area contributed by atoms with Crippen molar-refractivity contribution >= 4 is 21.6 Å². The number of sulfonamides is 1. The molecule has 1 amide bonds. The molecular formula is C22H29N3O3S. The fraction of sp³-hybridized carbons (Fsp3) is 0.409. The van der Waals surface area contributed by atoms with Gasteiger partial charge in [0.25, 0.3) is 5.91 Å². The fourth-order valence-corrected chi connectivity index (χ4v) is 4.83. The number of hydrogen-bond acceptors (Lipinski definition) is 4. The number of aryl methyl sites for hydroxylation is 1. The van der Waals surface area contributed by atoms with Crippen molar-refractivity contribution in [3.05, 3.63) is 59.7 Å². The first kappa shape index (κ1) is 21.3. The molecule has 0 saturated carbocycles. The number of rotatable bonds is 6. The van der Waals surface area contributed by atoms with Crippen LogP contribution in [0.4, 0.5) is 5.69 Å². The maximum Gasteiger partial charge on any atom is 0.255 e. The van der Waals surface area contributed by atoms with Crippen molar-refractivity contribution in [2.24, 2.45) is 0 Å². The van der Waals surface area contributed by atoms with Gasteiger partial charge in [0.05, 0.1) is 10.5 Å². The quantitative estimate of drug-likeness (QED) is 0.787. The SMILES string of the molecule is CCN(C)C(=O)c1ccccc1N1CCC(NS(=O)(=O)c2ccc(C)cc2)CC1. The van der Waals surface area contributed by atoms with Crippen LogP contribution >= 0.6 is 0 Å². The van der Waals surface area contributed by atoms with E-state index in [4.69, 9.17) is 0 Å². The molecule has 1 aliphatic rings. The molecule has 7 heteroatoms. The van der Waals surface area contributed by atoms with Gasteiger partial charge in [-0.25, -0.2) is 13.1 Å². The Morgan fingerprint density at radius 2 is 1.72 bits per heavy atom. The van der Waals surface area contributed by atoms with Crippen molar-refractivity contribution in [3.63, 3.8) is 0 Å². The molecule has 0 spiro atoms. The van der Waals surface area contributed by atoms with E-state index in [-0.39, 0.29) is 11.9 Å². The number of benzene rings is 2. The topological polar surface area (TPSA) is 69.7 Å². The number of anilines is 1. The van der Waals surface area contributed by atoms with Gasteiger partial charge in [-0.05, 0) is 51.0 Å². The molecule has 1 saturated heterocycles. The maximum absolute atomic E-state index is 12.7. The molecule has 2 aromatic rings. The highest BCUT2D eigenvalue weighted by Gasteiger charge is 2.26. The van der Waals surface area contributed by atoms with Crippen LogP contribution in [-0.2, 0) is 10.0 Å². The van der Waals surface area contributed by atoms with Crippen molar-refractivity contribution in [2.75, 3.05) is 31.6 Å². The van der Waals surface area contributed by atoms with Crippen LogP contribution in [0.3, 0.4) is 0 Å². The molecule has 0 radical (unpaired) electrons. The third-order valence-electron chi connectivity index (χ3n) is 5.44. The van der Waals surface area contributed by atoms with E-state index in [0.717, 1.165) is 11.3 Å². The van der Waals surface area contributed by atoms with Crippen molar-refractivity contribution in [1.82, 2.24) is 9.62 Å². The Morgan fingerprint density at radius 1 is 1.10 bits per heavy atom. The van der Waals surface area contributed by atoms with Gasteiger partial charge >= 0.3 is 0 Å². The number of piperidine rings is 1. The second-order valence-electron chi connectivity index (χ2n) is 7.53. The molecule has 0 aliphatic carbocycles. The Hall–Kier alpha value is -2.38. The lowest BCUT2D eigenvalue weighted by Crippen LogP contribution is -2.45. The van der Waals surface area contributed by atoms with Crippen LogP contribution in [0.1, 0.15) is 35.7 Å². The second kappa shape index (κ2) is 8.97. The summed E-state index contributed by atoms with van der Waals surface area (Å²) in [6.07, 6.45) is 1.38. The first-order valence-electron chi connectivity index (χ1n) is 10.00. The predicted octanol–water partition coefficient (Wildman–Crippen LogP) is 3.03. The summed E-state index contributed by atoms with van der Waals surface area (Å²) >= 11 is 0. The lowest BCUT2D eigenvalue weighted by molar-refractivity contribution is 0.0803. The molecule has 1 N–H and O–H groups in total.